The van der Waals surface area contributed by atoms with Gasteiger partial charge in [0.15, 0.2) is 0 Å². The maximum Gasteiger partial charge on any atom is 0.243 e. The Morgan fingerprint density at radius 2 is 1.64 bits per heavy atom. The number of nitrogens with one attached hydrogen (secondary N) is 1. The van der Waals surface area contributed by atoms with Crippen molar-refractivity contribution in [3.8, 4) is 0 Å². The second-order valence-corrected chi connectivity index (χ2v) is 14.3. The first kappa shape index (κ1) is 33.8. The van der Waals surface area contributed by atoms with E-state index in [-0.39, 0.29) is 43.8 Å². The van der Waals surface area contributed by atoms with Crippen LogP contribution in [0.1, 0.15) is 60.8 Å². The molecule has 7 nitrogen and oxygen atoms in total. The molecule has 0 spiro atoms. The van der Waals surface area contributed by atoms with Gasteiger partial charge in [0.2, 0.25) is 21.8 Å². The van der Waals surface area contributed by atoms with E-state index >= 15 is 0 Å². The van der Waals surface area contributed by atoms with Crippen LogP contribution in [0.4, 0.5) is 5.69 Å². The number of nitrogens with zero attached hydrogens (tertiary/aromatic N) is 2. The number of carbonyl (C=O) groups is 2. The van der Waals surface area contributed by atoms with Crippen molar-refractivity contribution < 1.29 is 18.0 Å². The number of rotatable bonds is 13. The molecule has 0 aromatic heterocycles. The summed E-state index contributed by atoms with van der Waals surface area (Å²) in [7, 11) is -3.60. The molecule has 0 aliphatic heterocycles. The Morgan fingerprint density at radius 1 is 0.932 bits per heavy atom. The zero-order valence-corrected chi connectivity index (χ0v) is 27.9. The minimum atomic E-state index is -3.60. The minimum Gasteiger partial charge on any atom is -0.352 e. The van der Waals surface area contributed by atoms with E-state index in [1.807, 2.05) is 56.3 Å². The largest absolute Gasteiger partial charge is 0.352 e. The summed E-state index contributed by atoms with van der Waals surface area (Å²) in [6.07, 6.45) is 5.82. The van der Waals surface area contributed by atoms with E-state index in [0.717, 1.165) is 47.9 Å². The van der Waals surface area contributed by atoms with Crippen molar-refractivity contribution in [1.29, 1.82) is 0 Å². The van der Waals surface area contributed by atoms with E-state index in [9.17, 15) is 18.0 Å². The molecule has 1 N–H and O–H groups in total. The van der Waals surface area contributed by atoms with Crippen molar-refractivity contribution >= 4 is 50.7 Å². The fourth-order valence-electron chi connectivity index (χ4n) is 5.74. The Balaban J connectivity index is 1.62. The summed E-state index contributed by atoms with van der Waals surface area (Å²) < 4.78 is 27.0. The molecule has 10 heteroatoms. The molecule has 1 aliphatic rings. The number of amides is 2. The van der Waals surface area contributed by atoms with Crippen molar-refractivity contribution in [3.63, 3.8) is 0 Å². The molecule has 0 heterocycles. The number of carbonyl (C=O) groups excluding carboxylic acids is 2. The van der Waals surface area contributed by atoms with E-state index in [1.54, 1.807) is 29.2 Å². The Bertz CT molecular complexity index is 1560. The zero-order valence-electron chi connectivity index (χ0n) is 25.6. The quantitative estimate of drug-likeness (QED) is 0.218. The molecule has 44 heavy (non-hydrogen) atoms. The summed E-state index contributed by atoms with van der Waals surface area (Å²) in [6, 6.07) is 19.7. The average Bonchev–Trinajstić information content (AvgIpc) is 3.49. The lowest BCUT2D eigenvalue weighted by atomic mass is 10.0. The Labute approximate surface area is 271 Å². The summed E-state index contributed by atoms with van der Waals surface area (Å²) >= 11 is 12.5. The van der Waals surface area contributed by atoms with Crippen LogP contribution in [0, 0.1) is 13.8 Å². The van der Waals surface area contributed by atoms with E-state index < -0.39 is 16.1 Å². The van der Waals surface area contributed by atoms with Gasteiger partial charge in [-0.15, -0.1) is 0 Å². The van der Waals surface area contributed by atoms with E-state index in [0.29, 0.717) is 22.2 Å². The first-order valence-electron chi connectivity index (χ1n) is 15.1. The number of halogens is 2. The maximum atomic E-state index is 14.1. The third kappa shape index (κ3) is 8.99. The van der Waals surface area contributed by atoms with Crippen molar-refractivity contribution in [2.75, 3.05) is 17.1 Å². The van der Waals surface area contributed by atoms with Gasteiger partial charge in [-0.25, -0.2) is 8.42 Å². The van der Waals surface area contributed by atoms with Crippen LogP contribution >= 0.6 is 23.2 Å². The predicted molar refractivity (Wildman–Crippen MR) is 179 cm³/mol. The Hall–Kier alpha value is -3.07. The SMILES string of the molecule is Cc1cccc(N(CCCC(=O)N(Cc2ccc(Cl)c(Cl)c2)[C@@H](Cc2ccccc2)C(=O)NC2CCCC2)S(C)(=O)=O)c1C. The van der Waals surface area contributed by atoms with Gasteiger partial charge in [0.1, 0.15) is 6.04 Å². The van der Waals surface area contributed by atoms with Gasteiger partial charge >= 0.3 is 0 Å². The number of aryl methyl sites for hydroxylation is 1. The number of hydrogen-bond acceptors (Lipinski definition) is 4. The van der Waals surface area contributed by atoms with Gasteiger partial charge in [0.25, 0.3) is 0 Å². The summed E-state index contributed by atoms with van der Waals surface area (Å²) in [4.78, 5) is 29.6. The fraction of sp³-hybridized carbons (Fsp3) is 0.412. The highest BCUT2D eigenvalue weighted by Gasteiger charge is 2.32. The second-order valence-electron chi connectivity index (χ2n) is 11.6. The van der Waals surface area contributed by atoms with Gasteiger partial charge in [0, 0.05) is 32.0 Å². The number of hydrogen-bond donors (Lipinski definition) is 1. The van der Waals surface area contributed by atoms with E-state index in [2.05, 4.69) is 5.32 Å². The van der Waals surface area contributed by atoms with Crippen LogP contribution < -0.4 is 9.62 Å². The molecule has 0 radical (unpaired) electrons. The second kappa shape index (κ2) is 15.3. The average molecular weight is 659 g/mol. The Kier molecular flexibility index (Phi) is 11.7. The normalized spacial score (nSPS) is 14.3. The summed E-state index contributed by atoms with van der Waals surface area (Å²) in [5.41, 5.74) is 4.14. The van der Waals surface area contributed by atoms with Gasteiger partial charge in [0.05, 0.1) is 22.0 Å². The minimum absolute atomic E-state index is 0.0558. The summed E-state index contributed by atoms with van der Waals surface area (Å²) in [6.45, 7) is 4.11. The highest BCUT2D eigenvalue weighted by Crippen LogP contribution is 2.27. The molecule has 0 saturated heterocycles. The van der Waals surface area contributed by atoms with Crippen LogP contribution in [0.3, 0.4) is 0 Å². The number of benzene rings is 3. The highest BCUT2D eigenvalue weighted by atomic mass is 35.5. The topological polar surface area (TPSA) is 86.8 Å². The standard InChI is InChI=1S/C34H41Cl2N3O4S/c1-24-11-9-16-31(25(24)2)39(44(3,42)43)20-10-17-33(40)38(23-27-18-19-29(35)30(36)21-27)32(22-26-12-5-4-6-13-26)34(41)37-28-14-7-8-15-28/h4-6,9,11-13,16,18-19,21,28,32H,7-8,10,14-15,17,20,22-23H2,1-3H3,(H,37,41)/t32-/m0/s1. The molecule has 4 rings (SSSR count). The molecular weight excluding hydrogens is 617 g/mol. The summed E-state index contributed by atoms with van der Waals surface area (Å²) in [5, 5.41) is 3.97. The third-order valence-electron chi connectivity index (χ3n) is 8.31. The lowest BCUT2D eigenvalue weighted by Gasteiger charge is -2.33. The predicted octanol–water partition coefficient (Wildman–Crippen LogP) is 6.86. The molecule has 1 atom stereocenters. The van der Waals surface area contributed by atoms with Crippen LogP contribution in [-0.4, -0.2) is 50.0 Å². The Morgan fingerprint density at radius 3 is 2.30 bits per heavy atom. The maximum absolute atomic E-state index is 14.1. The molecule has 2 amide bonds. The van der Waals surface area contributed by atoms with Gasteiger partial charge in [-0.3, -0.25) is 13.9 Å². The van der Waals surface area contributed by atoms with Crippen molar-refractivity contribution in [2.45, 2.75) is 77.4 Å². The lowest BCUT2D eigenvalue weighted by molar-refractivity contribution is -0.141. The molecule has 3 aromatic carbocycles. The molecule has 0 bridgehead atoms. The molecule has 1 aliphatic carbocycles. The van der Waals surface area contributed by atoms with E-state index in [1.165, 1.54) is 10.6 Å². The van der Waals surface area contributed by atoms with Gasteiger partial charge in [-0.2, -0.15) is 0 Å². The lowest BCUT2D eigenvalue weighted by Crippen LogP contribution is -2.52. The first-order chi connectivity index (χ1) is 20.9. The van der Waals surface area contributed by atoms with Gasteiger partial charge in [-0.05, 0) is 73.6 Å². The van der Waals surface area contributed by atoms with Gasteiger partial charge < -0.3 is 10.2 Å². The number of sulfonamides is 1. The zero-order chi connectivity index (χ0) is 31.9. The molecule has 236 valence electrons. The molecule has 1 fully saturated rings. The monoisotopic (exact) mass is 657 g/mol. The third-order valence-corrected chi connectivity index (χ3v) is 10.2. The van der Waals surface area contributed by atoms with Crippen LogP contribution in [0.15, 0.2) is 66.7 Å². The molecule has 1 saturated carbocycles. The smallest absolute Gasteiger partial charge is 0.243 e. The van der Waals surface area contributed by atoms with Crippen molar-refractivity contribution in [1.82, 2.24) is 10.2 Å². The number of anilines is 1. The molecular formula is C34H41Cl2N3O4S. The van der Waals surface area contributed by atoms with Gasteiger partial charge in [-0.1, -0.05) is 84.6 Å². The van der Waals surface area contributed by atoms with E-state index in [4.69, 9.17) is 23.2 Å². The van der Waals surface area contributed by atoms with Crippen LogP contribution in [0.5, 0.6) is 0 Å². The fourth-order valence-corrected chi connectivity index (χ4v) is 7.08. The van der Waals surface area contributed by atoms with Crippen LogP contribution in [0.25, 0.3) is 0 Å². The highest BCUT2D eigenvalue weighted by molar-refractivity contribution is 7.92. The van der Waals surface area contributed by atoms with Crippen LogP contribution in [-0.2, 0) is 32.6 Å². The summed E-state index contributed by atoms with van der Waals surface area (Å²) in [5.74, 6) is -0.435. The molecule has 3 aromatic rings. The molecule has 0 unspecified atom stereocenters. The van der Waals surface area contributed by atoms with Crippen molar-refractivity contribution in [2.24, 2.45) is 0 Å². The van der Waals surface area contributed by atoms with Crippen molar-refractivity contribution in [3.05, 3.63) is 99.0 Å². The van der Waals surface area contributed by atoms with Crippen LogP contribution in [0.2, 0.25) is 10.0 Å². The first-order valence-corrected chi connectivity index (χ1v) is 17.7.